The highest BCUT2D eigenvalue weighted by molar-refractivity contribution is 5.34. The van der Waals surface area contributed by atoms with Gasteiger partial charge < -0.3 is 14.2 Å². The summed E-state index contributed by atoms with van der Waals surface area (Å²) < 4.78 is 27.7. The van der Waals surface area contributed by atoms with Crippen LogP contribution in [0.15, 0.2) is 18.2 Å². The number of nitrogens with zero attached hydrogens (tertiary/aromatic N) is 1. The summed E-state index contributed by atoms with van der Waals surface area (Å²) in [6, 6.07) is 5.81. The summed E-state index contributed by atoms with van der Waals surface area (Å²) in [5.41, 5.74) is 0. The molecule has 0 unspecified atom stereocenters. The largest absolute Gasteiger partial charge is 0.479 e. The van der Waals surface area contributed by atoms with E-state index in [9.17, 15) is 4.39 Å². The van der Waals surface area contributed by atoms with Crippen LogP contribution in [-0.2, 0) is 4.74 Å². The molecule has 0 saturated carbocycles. The van der Waals surface area contributed by atoms with E-state index in [2.05, 4.69) is 4.74 Å². The van der Waals surface area contributed by atoms with Crippen molar-refractivity contribution in [2.75, 3.05) is 20.5 Å². The lowest BCUT2D eigenvalue weighted by Gasteiger charge is -2.07. The zero-order valence-electron chi connectivity index (χ0n) is 8.20. The predicted molar refractivity (Wildman–Crippen MR) is 50.0 cm³/mol. The number of ether oxygens (including phenoxy) is 3. The summed E-state index contributed by atoms with van der Waals surface area (Å²) in [6.07, 6.45) is 0. The van der Waals surface area contributed by atoms with E-state index in [0.29, 0.717) is 5.75 Å². The Morgan fingerprint density at radius 2 is 2.20 bits per heavy atom. The Morgan fingerprint density at radius 1 is 1.40 bits per heavy atom. The third kappa shape index (κ3) is 3.44. The van der Waals surface area contributed by atoms with Gasteiger partial charge >= 0.3 is 0 Å². The Kier molecular flexibility index (Phi) is 4.38. The molecule has 0 fully saturated rings. The van der Waals surface area contributed by atoms with Gasteiger partial charge in [0.1, 0.15) is 11.8 Å². The molecule has 0 saturated heterocycles. The van der Waals surface area contributed by atoms with E-state index in [0.717, 1.165) is 0 Å². The van der Waals surface area contributed by atoms with Crippen molar-refractivity contribution in [2.24, 2.45) is 0 Å². The Bertz CT molecular complexity index is 362. The van der Waals surface area contributed by atoms with Gasteiger partial charge in [-0.25, -0.2) is 4.39 Å². The Hall–Kier alpha value is -1.80. The molecular formula is C10H10FNO3. The zero-order chi connectivity index (χ0) is 11.1. The molecule has 0 aromatic heterocycles. The molecule has 0 heterocycles. The van der Waals surface area contributed by atoms with Gasteiger partial charge in [0, 0.05) is 13.2 Å². The number of hydrogen-bond acceptors (Lipinski definition) is 4. The number of halogens is 1. The normalized spacial score (nSPS) is 9.40. The standard InChI is InChI=1S/C10H10FNO3/c1-13-7-15-10-6-8(14-5-4-12)2-3-9(10)11/h2-3,6H,5,7H2,1H3. The smallest absolute Gasteiger partial charge is 0.188 e. The molecule has 5 heteroatoms. The van der Waals surface area contributed by atoms with Gasteiger partial charge in [0.2, 0.25) is 0 Å². The number of methoxy groups -OCH3 is 1. The second-order valence-corrected chi connectivity index (χ2v) is 2.59. The predicted octanol–water partition coefficient (Wildman–Crippen LogP) is 1.71. The van der Waals surface area contributed by atoms with E-state index in [1.807, 2.05) is 6.07 Å². The lowest BCUT2D eigenvalue weighted by Crippen LogP contribution is -2.01. The molecule has 0 N–H and O–H groups in total. The molecule has 0 radical (unpaired) electrons. The summed E-state index contributed by atoms with van der Waals surface area (Å²) in [6.45, 7) is -0.131. The number of hydrogen-bond donors (Lipinski definition) is 0. The molecule has 1 aromatic carbocycles. The molecule has 4 nitrogen and oxygen atoms in total. The van der Waals surface area contributed by atoms with Crippen molar-refractivity contribution >= 4 is 0 Å². The first-order valence-electron chi connectivity index (χ1n) is 4.19. The third-order valence-corrected chi connectivity index (χ3v) is 1.54. The maximum absolute atomic E-state index is 13.1. The van der Waals surface area contributed by atoms with Crippen LogP contribution < -0.4 is 9.47 Å². The van der Waals surface area contributed by atoms with Gasteiger partial charge in [-0.1, -0.05) is 0 Å². The Balaban J connectivity index is 2.72. The minimum atomic E-state index is -0.503. The first-order valence-corrected chi connectivity index (χ1v) is 4.19. The average molecular weight is 211 g/mol. The Morgan fingerprint density at radius 3 is 2.87 bits per heavy atom. The molecular weight excluding hydrogens is 201 g/mol. The van der Waals surface area contributed by atoms with Crippen molar-refractivity contribution < 1.29 is 18.6 Å². The second kappa shape index (κ2) is 5.83. The van der Waals surface area contributed by atoms with E-state index in [1.165, 1.54) is 25.3 Å². The van der Waals surface area contributed by atoms with E-state index >= 15 is 0 Å². The molecule has 15 heavy (non-hydrogen) atoms. The fraction of sp³-hybridized carbons (Fsp3) is 0.300. The van der Waals surface area contributed by atoms with Crippen LogP contribution in [0.1, 0.15) is 0 Å². The van der Waals surface area contributed by atoms with Crippen LogP contribution in [0.4, 0.5) is 4.39 Å². The van der Waals surface area contributed by atoms with Gasteiger partial charge in [0.25, 0.3) is 0 Å². The van der Waals surface area contributed by atoms with E-state index in [-0.39, 0.29) is 19.1 Å². The van der Waals surface area contributed by atoms with Crippen LogP contribution in [0, 0.1) is 17.1 Å². The molecule has 0 aliphatic heterocycles. The summed E-state index contributed by atoms with van der Waals surface area (Å²) in [5.74, 6) is -0.0901. The second-order valence-electron chi connectivity index (χ2n) is 2.59. The molecule has 1 rings (SSSR count). The molecule has 1 aromatic rings. The monoisotopic (exact) mass is 211 g/mol. The minimum Gasteiger partial charge on any atom is -0.479 e. The van der Waals surface area contributed by atoms with Crippen LogP contribution in [0.3, 0.4) is 0 Å². The summed E-state index contributed by atoms with van der Waals surface area (Å²) in [7, 11) is 1.44. The van der Waals surface area contributed by atoms with Crippen LogP contribution in [0.2, 0.25) is 0 Å². The Labute approximate surface area is 86.8 Å². The number of nitriles is 1. The topological polar surface area (TPSA) is 51.5 Å². The van der Waals surface area contributed by atoms with E-state index in [4.69, 9.17) is 14.7 Å². The number of rotatable bonds is 5. The highest BCUT2D eigenvalue weighted by Crippen LogP contribution is 2.23. The molecule has 0 aliphatic rings. The molecule has 0 atom stereocenters. The van der Waals surface area contributed by atoms with E-state index < -0.39 is 5.82 Å². The van der Waals surface area contributed by atoms with Crippen molar-refractivity contribution in [3.05, 3.63) is 24.0 Å². The van der Waals surface area contributed by atoms with Crippen LogP contribution in [0.25, 0.3) is 0 Å². The molecule has 80 valence electrons. The lowest BCUT2D eigenvalue weighted by molar-refractivity contribution is 0.0481. The van der Waals surface area contributed by atoms with Gasteiger partial charge in [0.05, 0.1) is 0 Å². The third-order valence-electron chi connectivity index (χ3n) is 1.54. The molecule has 0 bridgehead atoms. The maximum atomic E-state index is 13.1. The fourth-order valence-corrected chi connectivity index (χ4v) is 0.922. The highest BCUT2D eigenvalue weighted by atomic mass is 19.1. The zero-order valence-corrected chi connectivity index (χ0v) is 8.20. The van der Waals surface area contributed by atoms with Crippen LogP contribution in [-0.4, -0.2) is 20.5 Å². The van der Waals surface area contributed by atoms with Crippen LogP contribution in [0.5, 0.6) is 11.5 Å². The maximum Gasteiger partial charge on any atom is 0.188 e. The van der Waals surface area contributed by atoms with Crippen molar-refractivity contribution in [3.63, 3.8) is 0 Å². The quantitative estimate of drug-likeness (QED) is 0.696. The van der Waals surface area contributed by atoms with Crippen molar-refractivity contribution in [3.8, 4) is 17.6 Å². The SMILES string of the molecule is COCOc1cc(OCC#N)ccc1F. The first kappa shape index (κ1) is 11.3. The summed E-state index contributed by atoms with van der Waals surface area (Å²) >= 11 is 0. The van der Waals surface area contributed by atoms with Gasteiger partial charge in [-0.3, -0.25) is 0 Å². The van der Waals surface area contributed by atoms with E-state index in [1.54, 1.807) is 0 Å². The van der Waals surface area contributed by atoms with Gasteiger partial charge in [0.15, 0.2) is 25.0 Å². The van der Waals surface area contributed by atoms with Gasteiger partial charge in [-0.2, -0.15) is 5.26 Å². The summed E-state index contributed by atoms with van der Waals surface area (Å²) in [5, 5.41) is 8.29. The van der Waals surface area contributed by atoms with Gasteiger partial charge in [-0.05, 0) is 12.1 Å². The molecule has 0 aliphatic carbocycles. The highest BCUT2D eigenvalue weighted by Gasteiger charge is 2.05. The van der Waals surface area contributed by atoms with Crippen molar-refractivity contribution in [2.45, 2.75) is 0 Å². The van der Waals surface area contributed by atoms with Crippen molar-refractivity contribution in [1.29, 1.82) is 5.26 Å². The van der Waals surface area contributed by atoms with Crippen molar-refractivity contribution in [1.82, 2.24) is 0 Å². The lowest BCUT2D eigenvalue weighted by atomic mass is 10.3. The van der Waals surface area contributed by atoms with Crippen LogP contribution >= 0.6 is 0 Å². The average Bonchev–Trinajstić information content (AvgIpc) is 2.26. The molecule has 0 spiro atoms. The summed E-state index contributed by atoms with van der Waals surface area (Å²) in [4.78, 5) is 0. The first-order chi connectivity index (χ1) is 7.27. The number of benzene rings is 1. The molecule has 0 amide bonds. The fourth-order valence-electron chi connectivity index (χ4n) is 0.922. The minimum absolute atomic E-state index is 0.0345. The van der Waals surface area contributed by atoms with Gasteiger partial charge in [-0.15, -0.1) is 0 Å².